The molecular weight excluding hydrogens is 224 g/mol. The zero-order valence-corrected chi connectivity index (χ0v) is 10.4. The summed E-state index contributed by atoms with van der Waals surface area (Å²) in [6.07, 6.45) is 7.04. The number of cyclic esters (lactones) is 1. The molecule has 0 saturated heterocycles. The Morgan fingerprint density at radius 2 is 2.17 bits per heavy atom. The Balaban J connectivity index is 1.82. The van der Waals surface area contributed by atoms with Gasteiger partial charge in [-0.3, -0.25) is 4.79 Å². The first kappa shape index (κ1) is 11.3. The summed E-state index contributed by atoms with van der Waals surface area (Å²) >= 11 is 0. The number of benzene rings is 1. The zero-order chi connectivity index (χ0) is 12.6. The minimum Gasteiger partial charge on any atom is -0.461 e. The van der Waals surface area contributed by atoms with Crippen molar-refractivity contribution >= 4 is 12.0 Å². The number of ether oxygens (including phenoxy) is 1. The van der Waals surface area contributed by atoms with Gasteiger partial charge >= 0.3 is 5.97 Å². The third-order valence-electron chi connectivity index (χ3n) is 3.85. The van der Waals surface area contributed by atoms with Crippen LogP contribution in [0.5, 0.6) is 0 Å². The normalized spacial score (nSPS) is 30.4. The molecule has 2 aliphatic rings. The summed E-state index contributed by atoms with van der Waals surface area (Å²) in [5.41, 5.74) is 2.09. The highest BCUT2D eigenvalue weighted by atomic mass is 16.5. The number of allylic oxidation sites excluding steroid dienone is 1. The Morgan fingerprint density at radius 1 is 1.39 bits per heavy atom. The molecule has 2 nitrogen and oxygen atoms in total. The van der Waals surface area contributed by atoms with Crippen molar-refractivity contribution in [3.63, 3.8) is 0 Å². The molecule has 1 spiro atoms. The first-order chi connectivity index (χ1) is 8.72. The van der Waals surface area contributed by atoms with Gasteiger partial charge in [-0.1, -0.05) is 54.1 Å². The molecule has 2 heteroatoms. The Bertz CT molecular complexity index is 527. The molecule has 0 N–H and O–H groups in total. The molecule has 18 heavy (non-hydrogen) atoms. The maximum atomic E-state index is 11.8. The quantitative estimate of drug-likeness (QED) is 0.586. The van der Waals surface area contributed by atoms with Crippen LogP contribution in [0.1, 0.15) is 18.9 Å². The average molecular weight is 240 g/mol. The molecule has 1 aromatic carbocycles. The van der Waals surface area contributed by atoms with Crippen LogP contribution in [0.4, 0.5) is 0 Å². The van der Waals surface area contributed by atoms with E-state index in [1.807, 2.05) is 30.4 Å². The van der Waals surface area contributed by atoms with Crippen LogP contribution >= 0.6 is 0 Å². The largest absolute Gasteiger partial charge is 0.461 e. The SMILES string of the molecule is C/C(=C/c1ccccc1)[C@H]1C[C@@]12C=CCOC2=O. The molecule has 0 radical (unpaired) electrons. The van der Waals surface area contributed by atoms with Gasteiger partial charge in [0.2, 0.25) is 0 Å². The summed E-state index contributed by atoms with van der Waals surface area (Å²) in [7, 11) is 0. The van der Waals surface area contributed by atoms with Crippen LogP contribution in [0.15, 0.2) is 48.1 Å². The van der Waals surface area contributed by atoms with Crippen molar-refractivity contribution < 1.29 is 9.53 Å². The standard InChI is InChI=1S/C16H16O2/c1-12(10-13-6-3-2-4-7-13)14-11-16(14)8-5-9-18-15(16)17/h2-8,10,14H,9,11H2,1H3/b12-10-/t14-,16+/m1/s1. The fraction of sp³-hybridized carbons (Fsp3) is 0.312. The predicted octanol–water partition coefficient (Wildman–Crippen LogP) is 3.21. The molecule has 2 atom stereocenters. The number of carbonyl (C=O) groups is 1. The molecule has 1 aromatic rings. The van der Waals surface area contributed by atoms with Crippen LogP contribution < -0.4 is 0 Å². The Morgan fingerprint density at radius 3 is 2.89 bits per heavy atom. The molecule has 0 amide bonds. The summed E-state index contributed by atoms with van der Waals surface area (Å²) in [6.45, 7) is 2.52. The van der Waals surface area contributed by atoms with E-state index in [-0.39, 0.29) is 11.4 Å². The van der Waals surface area contributed by atoms with Crippen molar-refractivity contribution in [3.8, 4) is 0 Å². The Kier molecular flexibility index (Phi) is 2.58. The van der Waals surface area contributed by atoms with Gasteiger partial charge in [0.1, 0.15) is 6.61 Å². The van der Waals surface area contributed by atoms with Gasteiger partial charge in [-0.05, 0) is 18.9 Å². The van der Waals surface area contributed by atoms with E-state index in [2.05, 4.69) is 25.1 Å². The highest BCUT2D eigenvalue weighted by Crippen LogP contribution is 2.59. The Hall–Kier alpha value is -1.83. The lowest BCUT2D eigenvalue weighted by Gasteiger charge is -2.16. The van der Waals surface area contributed by atoms with E-state index >= 15 is 0 Å². The summed E-state index contributed by atoms with van der Waals surface area (Å²) < 4.78 is 5.13. The van der Waals surface area contributed by atoms with Crippen LogP contribution in [0.3, 0.4) is 0 Å². The second-order valence-electron chi connectivity index (χ2n) is 5.10. The number of hydrogen-bond acceptors (Lipinski definition) is 2. The van der Waals surface area contributed by atoms with Gasteiger partial charge in [0.15, 0.2) is 0 Å². The zero-order valence-electron chi connectivity index (χ0n) is 10.4. The van der Waals surface area contributed by atoms with Crippen molar-refractivity contribution in [2.75, 3.05) is 6.61 Å². The van der Waals surface area contributed by atoms with Crippen LogP contribution in [0.2, 0.25) is 0 Å². The van der Waals surface area contributed by atoms with E-state index in [0.29, 0.717) is 12.5 Å². The topological polar surface area (TPSA) is 26.3 Å². The summed E-state index contributed by atoms with van der Waals surface area (Å²) in [5, 5.41) is 0. The van der Waals surface area contributed by atoms with Crippen molar-refractivity contribution in [2.24, 2.45) is 11.3 Å². The lowest BCUT2D eigenvalue weighted by atomic mass is 9.97. The highest BCUT2D eigenvalue weighted by Gasteiger charge is 2.60. The van der Waals surface area contributed by atoms with Gasteiger partial charge in [-0.25, -0.2) is 0 Å². The fourth-order valence-corrected chi connectivity index (χ4v) is 2.75. The van der Waals surface area contributed by atoms with E-state index < -0.39 is 0 Å². The summed E-state index contributed by atoms with van der Waals surface area (Å²) in [4.78, 5) is 11.8. The van der Waals surface area contributed by atoms with Crippen molar-refractivity contribution in [3.05, 3.63) is 53.6 Å². The average Bonchev–Trinajstić information content (AvgIpc) is 3.10. The van der Waals surface area contributed by atoms with Gasteiger partial charge in [-0.15, -0.1) is 0 Å². The van der Waals surface area contributed by atoms with Crippen molar-refractivity contribution in [1.29, 1.82) is 0 Å². The van der Waals surface area contributed by atoms with Gasteiger partial charge in [0, 0.05) is 5.92 Å². The maximum absolute atomic E-state index is 11.8. The molecule has 0 aromatic heterocycles. The molecular formula is C16H16O2. The monoisotopic (exact) mass is 240 g/mol. The molecule has 1 heterocycles. The third-order valence-corrected chi connectivity index (χ3v) is 3.85. The molecule has 1 fully saturated rings. The lowest BCUT2D eigenvalue weighted by Crippen LogP contribution is -2.23. The van der Waals surface area contributed by atoms with Crippen molar-refractivity contribution in [2.45, 2.75) is 13.3 Å². The van der Waals surface area contributed by atoms with Crippen LogP contribution in [0.25, 0.3) is 6.08 Å². The van der Waals surface area contributed by atoms with E-state index in [0.717, 1.165) is 6.42 Å². The summed E-state index contributed by atoms with van der Waals surface area (Å²) in [5.74, 6) is 0.248. The van der Waals surface area contributed by atoms with Crippen LogP contribution in [0, 0.1) is 11.3 Å². The molecule has 0 bridgehead atoms. The van der Waals surface area contributed by atoms with Gasteiger partial charge < -0.3 is 4.74 Å². The van der Waals surface area contributed by atoms with Crippen molar-refractivity contribution in [1.82, 2.24) is 0 Å². The highest BCUT2D eigenvalue weighted by molar-refractivity contribution is 5.85. The molecule has 0 unspecified atom stereocenters. The molecule has 92 valence electrons. The number of hydrogen-bond donors (Lipinski definition) is 0. The minimum atomic E-state index is -0.354. The van der Waals surface area contributed by atoms with Crippen LogP contribution in [-0.2, 0) is 9.53 Å². The number of rotatable bonds is 2. The maximum Gasteiger partial charge on any atom is 0.316 e. The molecule has 1 aliphatic carbocycles. The van der Waals surface area contributed by atoms with E-state index in [1.54, 1.807) is 0 Å². The minimum absolute atomic E-state index is 0.0594. The van der Waals surface area contributed by atoms with Gasteiger partial charge in [0.25, 0.3) is 0 Å². The predicted molar refractivity (Wildman–Crippen MR) is 70.7 cm³/mol. The lowest BCUT2D eigenvalue weighted by molar-refractivity contribution is -0.148. The van der Waals surface area contributed by atoms with Gasteiger partial charge in [-0.2, -0.15) is 0 Å². The van der Waals surface area contributed by atoms with E-state index in [4.69, 9.17) is 4.74 Å². The smallest absolute Gasteiger partial charge is 0.316 e. The first-order valence-corrected chi connectivity index (χ1v) is 6.30. The molecule has 3 rings (SSSR count). The van der Waals surface area contributed by atoms with E-state index in [9.17, 15) is 4.79 Å². The summed E-state index contributed by atoms with van der Waals surface area (Å²) in [6, 6.07) is 10.2. The number of esters is 1. The second kappa shape index (κ2) is 4.13. The molecule has 1 aliphatic heterocycles. The Labute approximate surface area is 107 Å². The van der Waals surface area contributed by atoms with Gasteiger partial charge in [0.05, 0.1) is 5.41 Å². The molecule has 1 saturated carbocycles. The third kappa shape index (κ3) is 1.78. The second-order valence-corrected chi connectivity index (χ2v) is 5.10. The van der Waals surface area contributed by atoms with E-state index in [1.165, 1.54) is 11.1 Å². The number of carbonyl (C=O) groups excluding carboxylic acids is 1. The fourth-order valence-electron chi connectivity index (χ4n) is 2.75. The van der Waals surface area contributed by atoms with Crippen LogP contribution in [-0.4, -0.2) is 12.6 Å². The first-order valence-electron chi connectivity index (χ1n) is 6.30.